The Bertz CT molecular complexity index is 595. The summed E-state index contributed by atoms with van der Waals surface area (Å²) < 4.78 is 20.4. The van der Waals surface area contributed by atoms with Crippen molar-refractivity contribution >= 4 is 15.9 Å². The standard InChI is InChI=1S/C19H22BrFO/c1-3-14(2)5-4-12-22-17-9-6-15(7-10-17)18-11-8-16(20)13-19(18)21/h6-11,13-14H,3-5,12H2,1-2H3/t14-/m0/s1. The van der Waals surface area contributed by atoms with Crippen molar-refractivity contribution in [3.05, 3.63) is 52.8 Å². The lowest BCUT2D eigenvalue weighted by Gasteiger charge is -2.10. The van der Waals surface area contributed by atoms with Crippen molar-refractivity contribution < 1.29 is 9.13 Å². The van der Waals surface area contributed by atoms with E-state index in [1.807, 2.05) is 30.3 Å². The average Bonchev–Trinajstić information content (AvgIpc) is 2.52. The monoisotopic (exact) mass is 364 g/mol. The van der Waals surface area contributed by atoms with Crippen LogP contribution in [0.15, 0.2) is 46.9 Å². The third-order valence-electron chi connectivity index (χ3n) is 3.90. The molecule has 2 rings (SSSR count). The average molecular weight is 365 g/mol. The van der Waals surface area contributed by atoms with E-state index in [4.69, 9.17) is 4.74 Å². The molecule has 0 N–H and O–H groups in total. The lowest BCUT2D eigenvalue weighted by Crippen LogP contribution is -2.00. The first-order valence-electron chi connectivity index (χ1n) is 7.78. The van der Waals surface area contributed by atoms with Gasteiger partial charge in [0, 0.05) is 10.0 Å². The zero-order valence-corrected chi connectivity index (χ0v) is 14.7. The van der Waals surface area contributed by atoms with Gasteiger partial charge in [0.1, 0.15) is 11.6 Å². The first-order valence-corrected chi connectivity index (χ1v) is 8.57. The summed E-state index contributed by atoms with van der Waals surface area (Å²) >= 11 is 3.27. The van der Waals surface area contributed by atoms with Crippen LogP contribution >= 0.6 is 15.9 Å². The van der Waals surface area contributed by atoms with Crippen molar-refractivity contribution in [2.75, 3.05) is 6.61 Å². The van der Waals surface area contributed by atoms with Crippen molar-refractivity contribution in [1.29, 1.82) is 0 Å². The molecule has 3 heteroatoms. The van der Waals surface area contributed by atoms with Crippen LogP contribution in [0.1, 0.15) is 33.1 Å². The Labute approximate surface area is 140 Å². The molecule has 22 heavy (non-hydrogen) atoms. The van der Waals surface area contributed by atoms with Gasteiger partial charge in [0.15, 0.2) is 0 Å². The van der Waals surface area contributed by atoms with Crippen molar-refractivity contribution in [3.8, 4) is 16.9 Å². The Balaban J connectivity index is 1.93. The highest BCUT2D eigenvalue weighted by Gasteiger charge is 2.06. The highest BCUT2D eigenvalue weighted by Crippen LogP contribution is 2.27. The zero-order valence-electron chi connectivity index (χ0n) is 13.1. The van der Waals surface area contributed by atoms with Gasteiger partial charge >= 0.3 is 0 Å². The van der Waals surface area contributed by atoms with Gasteiger partial charge in [0.25, 0.3) is 0 Å². The zero-order chi connectivity index (χ0) is 15.9. The van der Waals surface area contributed by atoms with Crippen LogP contribution in [-0.2, 0) is 0 Å². The molecule has 0 spiro atoms. The van der Waals surface area contributed by atoms with Crippen LogP contribution in [0, 0.1) is 11.7 Å². The second-order valence-electron chi connectivity index (χ2n) is 5.65. The summed E-state index contributed by atoms with van der Waals surface area (Å²) in [7, 11) is 0. The molecule has 0 saturated heterocycles. The Morgan fingerprint density at radius 3 is 2.50 bits per heavy atom. The van der Waals surface area contributed by atoms with E-state index < -0.39 is 0 Å². The maximum Gasteiger partial charge on any atom is 0.132 e. The fraction of sp³-hybridized carbons (Fsp3) is 0.368. The number of hydrogen-bond acceptors (Lipinski definition) is 1. The van der Waals surface area contributed by atoms with Gasteiger partial charge in [-0.15, -0.1) is 0 Å². The smallest absolute Gasteiger partial charge is 0.132 e. The molecule has 1 atom stereocenters. The maximum absolute atomic E-state index is 13.9. The summed E-state index contributed by atoms with van der Waals surface area (Å²) in [4.78, 5) is 0. The molecule has 0 aliphatic heterocycles. The Kier molecular flexibility index (Phi) is 6.44. The summed E-state index contributed by atoms with van der Waals surface area (Å²) in [5.74, 6) is 1.37. The number of ether oxygens (including phenoxy) is 1. The van der Waals surface area contributed by atoms with E-state index in [0.717, 1.165) is 34.7 Å². The summed E-state index contributed by atoms with van der Waals surface area (Å²) in [5.41, 5.74) is 1.46. The molecule has 0 heterocycles. The first kappa shape index (κ1) is 17.0. The minimum atomic E-state index is -0.225. The third-order valence-corrected chi connectivity index (χ3v) is 4.40. The quantitative estimate of drug-likeness (QED) is 0.512. The molecule has 0 bridgehead atoms. The summed E-state index contributed by atoms with van der Waals surface area (Å²) in [6, 6.07) is 12.7. The topological polar surface area (TPSA) is 9.23 Å². The minimum absolute atomic E-state index is 0.225. The van der Waals surface area contributed by atoms with Gasteiger partial charge in [0.2, 0.25) is 0 Å². The van der Waals surface area contributed by atoms with Gasteiger partial charge in [-0.25, -0.2) is 4.39 Å². The van der Waals surface area contributed by atoms with E-state index in [-0.39, 0.29) is 5.82 Å². The van der Waals surface area contributed by atoms with E-state index in [1.165, 1.54) is 18.9 Å². The van der Waals surface area contributed by atoms with E-state index in [2.05, 4.69) is 29.8 Å². The van der Waals surface area contributed by atoms with Gasteiger partial charge in [-0.1, -0.05) is 54.4 Å². The Hall–Kier alpha value is -1.35. The molecule has 1 nitrogen and oxygen atoms in total. The molecular weight excluding hydrogens is 343 g/mol. The lowest BCUT2D eigenvalue weighted by molar-refractivity contribution is 0.294. The normalized spacial score (nSPS) is 12.2. The van der Waals surface area contributed by atoms with Crippen LogP contribution < -0.4 is 4.74 Å². The molecule has 0 unspecified atom stereocenters. The van der Waals surface area contributed by atoms with E-state index >= 15 is 0 Å². The second-order valence-corrected chi connectivity index (χ2v) is 6.57. The van der Waals surface area contributed by atoms with Crippen molar-refractivity contribution in [1.82, 2.24) is 0 Å². The Morgan fingerprint density at radius 2 is 1.86 bits per heavy atom. The fourth-order valence-electron chi connectivity index (χ4n) is 2.28. The maximum atomic E-state index is 13.9. The van der Waals surface area contributed by atoms with Crippen molar-refractivity contribution in [3.63, 3.8) is 0 Å². The van der Waals surface area contributed by atoms with Crippen LogP contribution in [0.4, 0.5) is 4.39 Å². The van der Waals surface area contributed by atoms with E-state index in [9.17, 15) is 4.39 Å². The number of hydrogen-bond donors (Lipinski definition) is 0. The molecule has 0 fully saturated rings. The highest BCUT2D eigenvalue weighted by molar-refractivity contribution is 9.10. The van der Waals surface area contributed by atoms with Crippen LogP contribution in [0.5, 0.6) is 5.75 Å². The first-order chi connectivity index (χ1) is 10.6. The van der Waals surface area contributed by atoms with Crippen LogP contribution in [0.25, 0.3) is 11.1 Å². The third kappa shape index (κ3) is 4.84. The van der Waals surface area contributed by atoms with Crippen molar-refractivity contribution in [2.24, 2.45) is 5.92 Å². The van der Waals surface area contributed by atoms with E-state index in [1.54, 1.807) is 6.07 Å². The van der Waals surface area contributed by atoms with Gasteiger partial charge in [-0.3, -0.25) is 0 Å². The fourth-order valence-corrected chi connectivity index (χ4v) is 2.61. The molecule has 118 valence electrons. The highest BCUT2D eigenvalue weighted by atomic mass is 79.9. The lowest BCUT2D eigenvalue weighted by atomic mass is 10.0. The van der Waals surface area contributed by atoms with Crippen LogP contribution in [0.3, 0.4) is 0 Å². The van der Waals surface area contributed by atoms with Gasteiger partial charge in [-0.2, -0.15) is 0 Å². The Morgan fingerprint density at radius 1 is 1.14 bits per heavy atom. The van der Waals surface area contributed by atoms with E-state index in [0.29, 0.717) is 5.56 Å². The van der Waals surface area contributed by atoms with Gasteiger partial charge in [0.05, 0.1) is 6.61 Å². The summed E-state index contributed by atoms with van der Waals surface area (Å²) in [5, 5.41) is 0. The van der Waals surface area contributed by atoms with Gasteiger partial charge in [-0.05, 0) is 48.6 Å². The molecule has 2 aromatic carbocycles. The molecule has 0 aliphatic carbocycles. The predicted molar refractivity (Wildman–Crippen MR) is 93.7 cm³/mol. The molecule has 0 aliphatic rings. The number of halogens is 2. The summed E-state index contributed by atoms with van der Waals surface area (Å²) in [6.07, 6.45) is 3.48. The largest absolute Gasteiger partial charge is 0.494 e. The van der Waals surface area contributed by atoms with Crippen molar-refractivity contribution in [2.45, 2.75) is 33.1 Å². The van der Waals surface area contributed by atoms with Gasteiger partial charge < -0.3 is 4.74 Å². The SMILES string of the molecule is CC[C@H](C)CCCOc1ccc(-c2ccc(Br)cc2F)cc1. The predicted octanol–water partition coefficient (Wildman–Crippen LogP) is 6.46. The second kappa shape index (κ2) is 8.33. The molecule has 0 saturated carbocycles. The van der Waals surface area contributed by atoms with Crippen LogP contribution in [0.2, 0.25) is 0 Å². The number of benzene rings is 2. The molecule has 0 aromatic heterocycles. The van der Waals surface area contributed by atoms with Crippen LogP contribution in [-0.4, -0.2) is 6.61 Å². The minimum Gasteiger partial charge on any atom is -0.494 e. The molecular formula is C19H22BrFO. The molecule has 2 aromatic rings. The number of rotatable bonds is 7. The summed E-state index contributed by atoms with van der Waals surface area (Å²) in [6.45, 7) is 5.21. The molecule has 0 radical (unpaired) electrons. The molecule has 0 amide bonds.